The van der Waals surface area contributed by atoms with E-state index < -0.39 is 5.97 Å². The summed E-state index contributed by atoms with van der Waals surface area (Å²) in [4.78, 5) is 11.2. The lowest BCUT2D eigenvalue weighted by Gasteiger charge is -2.38. The summed E-state index contributed by atoms with van der Waals surface area (Å²) < 4.78 is 0.619. The summed E-state index contributed by atoms with van der Waals surface area (Å²) in [6.45, 7) is 3.08. The Balaban J connectivity index is 2.15. The fourth-order valence-corrected chi connectivity index (χ4v) is 2.69. The van der Waals surface area contributed by atoms with Crippen molar-refractivity contribution in [2.75, 3.05) is 11.9 Å². The van der Waals surface area contributed by atoms with Gasteiger partial charge >= 0.3 is 5.97 Å². The first-order chi connectivity index (χ1) is 8.02. The van der Waals surface area contributed by atoms with E-state index in [0.29, 0.717) is 21.1 Å². The standard InChI is InChI=1S/C13H16BrNO2/c1-13(6-3-7-13)8-15-10-5-2-4-9(14)11(10)12(16)17/h2,4-5,15H,3,6-8H2,1H3,(H,16,17). The molecular weight excluding hydrogens is 282 g/mol. The van der Waals surface area contributed by atoms with E-state index in [1.807, 2.05) is 12.1 Å². The number of anilines is 1. The van der Waals surface area contributed by atoms with Gasteiger partial charge in [0, 0.05) is 16.7 Å². The molecule has 1 fully saturated rings. The third-order valence-corrected chi connectivity index (χ3v) is 4.15. The van der Waals surface area contributed by atoms with Crippen LogP contribution in [0.3, 0.4) is 0 Å². The number of halogens is 1. The molecule has 0 bridgehead atoms. The second-order valence-corrected chi connectivity index (χ2v) is 5.84. The molecule has 4 heteroatoms. The number of rotatable bonds is 4. The monoisotopic (exact) mass is 297 g/mol. The Bertz CT molecular complexity index is 441. The smallest absolute Gasteiger partial charge is 0.338 e. The van der Waals surface area contributed by atoms with Crippen molar-refractivity contribution in [3.05, 3.63) is 28.2 Å². The third-order valence-electron chi connectivity index (χ3n) is 3.49. The van der Waals surface area contributed by atoms with Crippen LogP contribution < -0.4 is 5.32 Å². The maximum Gasteiger partial charge on any atom is 0.338 e. The summed E-state index contributed by atoms with van der Waals surface area (Å²) in [6, 6.07) is 5.41. The van der Waals surface area contributed by atoms with Crippen LogP contribution >= 0.6 is 15.9 Å². The molecule has 1 aromatic carbocycles. The van der Waals surface area contributed by atoms with Crippen molar-refractivity contribution in [1.82, 2.24) is 0 Å². The summed E-state index contributed by atoms with van der Waals surface area (Å²) in [5.41, 5.74) is 1.34. The first-order valence-corrected chi connectivity index (χ1v) is 6.57. The number of carbonyl (C=O) groups is 1. The van der Waals surface area contributed by atoms with Gasteiger partial charge in [-0.25, -0.2) is 4.79 Å². The van der Waals surface area contributed by atoms with E-state index in [1.165, 1.54) is 19.3 Å². The van der Waals surface area contributed by atoms with E-state index in [1.54, 1.807) is 6.07 Å². The summed E-state index contributed by atoms with van der Waals surface area (Å²) in [5, 5.41) is 12.4. The Morgan fingerprint density at radius 3 is 2.76 bits per heavy atom. The Labute approximate surface area is 109 Å². The van der Waals surface area contributed by atoms with Crippen molar-refractivity contribution in [3.8, 4) is 0 Å². The van der Waals surface area contributed by atoms with E-state index >= 15 is 0 Å². The van der Waals surface area contributed by atoms with Crippen LogP contribution in [0.1, 0.15) is 36.5 Å². The van der Waals surface area contributed by atoms with Gasteiger partial charge in [0.1, 0.15) is 0 Å². The topological polar surface area (TPSA) is 49.3 Å². The van der Waals surface area contributed by atoms with Crippen LogP contribution in [-0.4, -0.2) is 17.6 Å². The molecule has 2 rings (SSSR count). The molecule has 0 radical (unpaired) electrons. The predicted octanol–water partition coefficient (Wildman–Crippen LogP) is 3.75. The number of benzene rings is 1. The molecule has 92 valence electrons. The molecule has 17 heavy (non-hydrogen) atoms. The van der Waals surface area contributed by atoms with Crippen LogP contribution in [0, 0.1) is 5.41 Å². The highest BCUT2D eigenvalue weighted by Crippen LogP contribution is 2.40. The molecule has 0 amide bonds. The van der Waals surface area contributed by atoms with Crippen molar-refractivity contribution in [1.29, 1.82) is 0 Å². The van der Waals surface area contributed by atoms with Crippen molar-refractivity contribution < 1.29 is 9.90 Å². The number of hydrogen-bond donors (Lipinski definition) is 2. The van der Waals surface area contributed by atoms with Crippen LogP contribution in [0.25, 0.3) is 0 Å². The maximum atomic E-state index is 11.2. The van der Waals surface area contributed by atoms with Gasteiger partial charge in [0.05, 0.1) is 5.56 Å². The van der Waals surface area contributed by atoms with Crippen molar-refractivity contribution in [3.63, 3.8) is 0 Å². The molecule has 0 spiro atoms. The second kappa shape index (κ2) is 4.69. The largest absolute Gasteiger partial charge is 0.478 e. The molecule has 1 saturated carbocycles. The molecule has 0 heterocycles. The Morgan fingerprint density at radius 1 is 1.53 bits per heavy atom. The molecule has 1 aliphatic rings. The number of carboxylic acids is 1. The maximum absolute atomic E-state index is 11.2. The van der Waals surface area contributed by atoms with Crippen molar-refractivity contribution in [2.45, 2.75) is 26.2 Å². The van der Waals surface area contributed by atoms with Crippen molar-refractivity contribution >= 4 is 27.6 Å². The van der Waals surface area contributed by atoms with E-state index in [-0.39, 0.29) is 0 Å². The van der Waals surface area contributed by atoms with Crippen molar-refractivity contribution in [2.24, 2.45) is 5.41 Å². The van der Waals surface area contributed by atoms with Crippen LogP contribution in [0.4, 0.5) is 5.69 Å². The number of nitrogens with one attached hydrogen (secondary N) is 1. The minimum Gasteiger partial charge on any atom is -0.478 e. The van der Waals surface area contributed by atoms with Gasteiger partial charge in [-0.1, -0.05) is 19.4 Å². The van der Waals surface area contributed by atoms with E-state index in [9.17, 15) is 9.90 Å². The van der Waals surface area contributed by atoms with Gasteiger partial charge in [0.2, 0.25) is 0 Å². The lowest BCUT2D eigenvalue weighted by Crippen LogP contribution is -2.33. The fourth-order valence-electron chi connectivity index (χ4n) is 2.15. The molecule has 3 nitrogen and oxygen atoms in total. The summed E-state index contributed by atoms with van der Waals surface area (Å²) in [7, 11) is 0. The normalized spacial score (nSPS) is 17.3. The van der Waals surface area contributed by atoms with E-state index in [4.69, 9.17) is 0 Å². The molecule has 0 atom stereocenters. The van der Waals surface area contributed by atoms with Gasteiger partial charge in [-0.15, -0.1) is 0 Å². The molecule has 2 N–H and O–H groups in total. The average molecular weight is 298 g/mol. The Hall–Kier alpha value is -1.03. The first-order valence-electron chi connectivity index (χ1n) is 5.77. The molecule has 0 unspecified atom stereocenters. The molecule has 0 aromatic heterocycles. The fraction of sp³-hybridized carbons (Fsp3) is 0.462. The van der Waals surface area contributed by atoms with Crippen LogP contribution in [0.15, 0.2) is 22.7 Å². The zero-order chi connectivity index (χ0) is 12.5. The Morgan fingerprint density at radius 2 is 2.24 bits per heavy atom. The van der Waals surface area contributed by atoms with Gasteiger partial charge in [0.25, 0.3) is 0 Å². The highest BCUT2D eigenvalue weighted by atomic mass is 79.9. The third kappa shape index (κ3) is 2.63. The second-order valence-electron chi connectivity index (χ2n) is 4.99. The first kappa shape index (κ1) is 12.4. The van der Waals surface area contributed by atoms with Crippen LogP contribution in [0.5, 0.6) is 0 Å². The minimum absolute atomic E-state index is 0.315. The van der Waals surface area contributed by atoms with Gasteiger partial charge in [0.15, 0.2) is 0 Å². The van der Waals surface area contributed by atoms with E-state index in [0.717, 1.165) is 6.54 Å². The number of aromatic carboxylic acids is 1. The molecule has 1 aliphatic carbocycles. The van der Waals surface area contributed by atoms with Crippen LogP contribution in [0.2, 0.25) is 0 Å². The highest BCUT2D eigenvalue weighted by molar-refractivity contribution is 9.10. The number of carboxylic acid groups (broad SMARTS) is 1. The molecular formula is C13H16BrNO2. The molecule has 0 aliphatic heterocycles. The average Bonchev–Trinajstić information content (AvgIpc) is 2.23. The van der Waals surface area contributed by atoms with Crippen LogP contribution in [-0.2, 0) is 0 Å². The van der Waals surface area contributed by atoms with Gasteiger partial charge in [-0.3, -0.25) is 0 Å². The summed E-state index contributed by atoms with van der Waals surface area (Å²) >= 11 is 3.28. The highest BCUT2D eigenvalue weighted by Gasteiger charge is 2.31. The zero-order valence-corrected chi connectivity index (χ0v) is 11.4. The summed E-state index contributed by atoms with van der Waals surface area (Å²) in [6.07, 6.45) is 3.72. The lowest BCUT2D eigenvalue weighted by atomic mass is 9.70. The Kier molecular flexibility index (Phi) is 3.43. The van der Waals surface area contributed by atoms with Gasteiger partial charge in [-0.2, -0.15) is 0 Å². The predicted molar refractivity (Wildman–Crippen MR) is 71.5 cm³/mol. The minimum atomic E-state index is -0.904. The lowest BCUT2D eigenvalue weighted by molar-refractivity contribution is 0.0696. The zero-order valence-electron chi connectivity index (χ0n) is 9.79. The summed E-state index contributed by atoms with van der Waals surface area (Å²) in [5.74, 6) is -0.904. The van der Waals surface area contributed by atoms with E-state index in [2.05, 4.69) is 28.2 Å². The van der Waals surface area contributed by atoms with Gasteiger partial charge in [-0.05, 0) is 46.3 Å². The molecule has 1 aromatic rings. The molecule has 0 saturated heterocycles. The SMILES string of the molecule is CC1(CNc2cccc(Br)c2C(=O)O)CCC1. The van der Waals surface area contributed by atoms with Gasteiger partial charge < -0.3 is 10.4 Å². The number of hydrogen-bond acceptors (Lipinski definition) is 2. The quantitative estimate of drug-likeness (QED) is 0.890.